The number of sulfonamides is 1. The highest BCUT2D eigenvalue weighted by atomic mass is 32.2. The predicted octanol–water partition coefficient (Wildman–Crippen LogP) is 2.36. The average Bonchev–Trinajstić information content (AvgIpc) is 3.09. The van der Waals surface area contributed by atoms with Gasteiger partial charge in [0.05, 0.1) is 23.4 Å². The Labute approximate surface area is 142 Å². The first kappa shape index (κ1) is 16.7. The maximum absolute atomic E-state index is 12.6. The largest absolute Gasteiger partial charge is 0.268 e. The Morgan fingerprint density at radius 3 is 2.88 bits per heavy atom. The summed E-state index contributed by atoms with van der Waals surface area (Å²) in [6.45, 7) is 0. The van der Waals surface area contributed by atoms with Crippen LogP contribution in [0.3, 0.4) is 0 Å². The Balaban J connectivity index is 1.74. The third-order valence-electron chi connectivity index (χ3n) is 4.34. The molecular weight excluding hydrogens is 324 g/mol. The van der Waals surface area contributed by atoms with Crippen LogP contribution in [0.4, 0.5) is 0 Å². The van der Waals surface area contributed by atoms with Gasteiger partial charge in [-0.1, -0.05) is 25.0 Å². The molecule has 0 amide bonds. The van der Waals surface area contributed by atoms with Crippen molar-refractivity contribution in [3.63, 3.8) is 0 Å². The van der Waals surface area contributed by atoms with E-state index in [9.17, 15) is 8.42 Å². The van der Waals surface area contributed by atoms with Gasteiger partial charge in [0, 0.05) is 18.4 Å². The maximum Gasteiger partial charge on any atom is 0.216 e. The van der Waals surface area contributed by atoms with Crippen LogP contribution < -0.4 is 4.72 Å². The lowest BCUT2D eigenvalue weighted by molar-refractivity contribution is 0.270. The number of hydrogen-bond donors (Lipinski definition) is 1. The molecule has 1 saturated carbocycles. The molecule has 0 aliphatic heterocycles. The smallest absolute Gasteiger partial charge is 0.216 e. The topological polar surface area (TPSA) is 87.8 Å². The first-order chi connectivity index (χ1) is 11.6. The van der Waals surface area contributed by atoms with Gasteiger partial charge in [0.15, 0.2) is 0 Å². The third kappa shape index (κ3) is 4.02. The zero-order valence-corrected chi connectivity index (χ0v) is 14.1. The summed E-state index contributed by atoms with van der Waals surface area (Å²) in [5, 5.41) is 13.2. The van der Waals surface area contributed by atoms with Gasteiger partial charge in [0.2, 0.25) is 10.0 Å². The molecule has 1 N–H and O–H groups in total. The van der Waals surface area contributed by atoms with Crippen LogP contribution >= 0.6 is 0 Å². The molecule has 3 rings (SSSR count). The Bertz CT molecular complexity index is 825. The van der Waals surface area contributed by atoms with Crippen molar-refractivity contribution in [2.75, 3.05) is 0 Å². The molecule has 2 atom stereocenters. The van der Waals surface area contributed by atoms with E-state index in [1.807, 2.05) is 23.0 Å². The lowest BCUT2D eigenvalue weighted by Gasteiger charge is -2.32. The molecule has 0 saturated heterocycles. The first-order valence-corrected chi connectivity index (χ1v) is 9.71. The molecule has 1 aromatic heterocycles. The van der Waals surface area contributed by atoms with Crippen LogP contribution in [0.15, 0.2) is 42.7 Å². The molecule has 0 bridgehead atoms. The molecule has 1 aromatic carbocycles. The van der Waals surface area contributed by atoms with Crippen LogP contribution in [0, 0.1) is 11.3 Å². The number of aromatic nitrogens is 2. The molecule has 126 valence electrons. The molecule has 0 spiro atoms. The van der Waals surface area contributed by atoms with Gasteiger partial charge < -0.3 is 0 Å². The van der Waals surface area contributed by atoms with Crippen molar-refractivity contribution in [2.24, 2.45) is 0 Å². The summed E-state index contributed by atoms with van der Waals surface area (Å²) >= 11 is 0. The van der Waals surface area contributed by atoms with Gasteiger partial charge in [0.1, 0.15) is 0 Å². The second-order valence-corrected chi connectivity index (χ2v) is 7.89. The highest BCUT2D eigenvalue weighted by Crippen LogP contribution is 2.28. The lowest BCUT2D eigenvalue weighted by Crippen LogP contribution is -2.43. The Hall–Kier alpha value is -2.17. The fourth-order valence-electron chi connectivity index (χ4n) is 3.26. The van der Waals surface area contributed by atoms with Crippen LogP contribution in [0.2, 0.25) is 0 Å². The quantitative estimate of drug-likeness (QED) is 0.902. The maximum atomic E-state index is 12.6. The third-order valence-corrected chi connectivity index (χ3v) is 5.71. The minimum atomic E-state index is -3.48. The molecular formula is C17H20N4O2S. The number of nitrogens with one attached hydrogen (secondary N) is 1. The van der Waals surface area contributed by atoms with Crippen LogP contribution in [0.25, 0.3) is 0 Å². The van der Waals surface area contributed by atoms with E-state index in [2.05, 4.69) is 9.82 Å². The predicted molar refractivity (Wildman–Crippen MR) is 90.4 cm³/mol. The summed E-state index contributed by atoms with van der Waals surface area (Å²) in [5.41, 5.74) is 1.09. The van der Waals surface area contributed by atoms with E-state index in [0.717, 1.165) is 25.7 Å². The standard InChI is InChI=1S/C17H20N4O2S/c18-12-14-5-3-6-15(11-14)13-24(22,23)20-16-7-1-2-8-17(16)21-10-4-9-19-21/h3-6,9-11,16-17,20H,1-2,7-8,13H2. The molecule has 7 heteroatoms. The molecule has 24 heavy (non-hydrogen) atoms. The second kappa shape index (κ2) is 7.16. The number of nitrogens with zero attached hydrogens (tertiary/aromatic N) is 3. The number of rotatable bonds is 5. The molecule has 1 aliphatic rings. The zero-order valence-electron chi connectivity index (χ0n) is 13.3. The molecule has 6 nitrogen and oxygen atoms in total. The van der Waals surface area contributed by atoms with E-state index < -0.39 is 10.0 Å². The van der Waals surface area contributed by atoms with E-state index in [4.69, 9.17) is 5.26 Å². The van der Waals surface area contributed by atoms with E-state index in [1.165, 1.54) is 0 Å². The van der Waals surface area contributed by atoms with Crippen molar-refractivity contribution in [1.82, 2.24) is 14.5 Å². The zero-order chi connectivity index (χ0) is 17.0. The van der Waals surface area contributed by atoms with Gasteiger partial charge in [-0.15, -0.1) is 0 Å². The van der Waals surface area contributed by atoms with Crippen molar-refractivity contribution < 1.29 is 8.42 Å². The fourth-order valence-corrected chi connectivity index (χ4v) is 4.70. The number of hydrogen-bond acceptors (Lipinski definition) is 4. The molecule has 1 heterocycles. The molecule has 2 unspecified atom stereocenters. The Morgan fingerprint density at radius 1 is 1.29 bits per heavy atom. The fraction of sp³-hybridized carbons (Fsp3) is 0.412. The second-order valence-electron chi connectivity index (χ2n) is 6.13. The average molecular weight is 344 g/mol. The van der Waals surface area contributed by atoms with Crippen LogP contribution in [0.5, 0.6) is 0 Å². The highest BCUT2D eigenvalue weighted by Gasteiger charge is 2.30. The summed E-state index contributed by atoms with van der Waals surface area (Å²) in [4.78, 5) is 0. The van der Waals surface area contributed by atoms with E-state index in [0.29, 0.717) is 11.1 Å². The normalized spacial score (nSPS) is 21.3. The monoisotopic (exact) mass is 344 g/mol. The lowest BCUT2D eigenvalue weighted by atomic mass is 9.91. The van der Waals surface area contributed by atoms with Crippen LogP contribution in [-0.2, 0) is 15.8 Å². The Kier molecular flexibility index (Phi) is 4.97. The SMILES string of the molecule is N#Cc1cccc(CS(=O)(=O)NC2CCCCC2n2cccn2)c1. The molecule has 0 radical (unpaired) electrons. The van der Waals surface area contributed by atoms with Gasteiger partial charge in [-0.25, -0.2) is 13.1 Å². The van der Waals surface area contributed by atoms with Crippen LogP contribution in [0.1, 0.15) is 42.9 Å². The minimum Gasteiger partial charge on any atom is -0.268 e. The van der Waals surface area contributed by atoms with Gasteiger partial charge in [-0.05, 0) is 36.6 Å². The highest BCUT2D eigenvalue weighted by molar-refractivity contribution is 7.88. The van der Waals surface area contributed by atoms with E-state index in [1.54, 1.807) is 30.5 Å². The number of nitriles is 1. The van der Waals surface area contributed by atoms with Crippen molar-refractivity contribution in [2.45, 2.75) is 43.5 Å². The van der Waals surface area contributed by atoms with Crippen molar-refractivity contribution in [1.29, 1.82) is 5.26 Å². The van der Waals surface area contributed by atoms with Crippen molar-refractivity contribution >= 4 is 10.0 Å². The van der Waals surface area contributed by atoms with Gasteiger partial charge in [-0.3, -0.25) is 4.68 Å². The van der Waals surface area contributed by atoms with Crippen LogP contribution in [-0.4, -0.2) is 24.2 Å². The summed E-state index contributed by atoms with van der Waals surface area (Å²) in [5.74, 6) is -0.120. The first-order valence-electron chi connectivity index (χ1n) is 8.05. The van der Waals surface area contributed by atoms with Crippen molar-refractivity contribution in [3.8, 4) is 6.07 Å². The van der Waals surface area contributed by atoms with Gasteiger partial charge in [-0.2, -0.15) is 10.4 Å². The number of benzene rings is 1. The molecule has 1 aliphatic carbocycles. The summed E-state index contributed by atoms with van der Waals surface area (Å²) in [6, 6.07) is 10.5. The van der Waals surface area contributed by atoms with Gasteiger partial charge >= 0.3 is 0 Å². The van der Waals surface area contributed by atoms with Gasteiger partial charge in [0.25, 0.3) is 0 Å². The van der Waals surface area contributed by atoms with E-state index >= 15 is 0 Å². The summed E-state index contributed by atoms with van der Waals surface area (Å²) < 4.78 is 29.8. The summed E-state index contributed by atoms with van der Waals surface area (Å²) in [6.07, 6.45) is 7.41. The molecule has 1 fully saturated rings. The molecule has 2 aromatic rings. The Morgan fingerprint density at radius 2 is 2.12 bits per heavy atom. The van der Waals surface area contributed by atoms with Crippen molar-refractivity contribution in [3.05, 3.63) is 53.9 Å². The minimum absolute atomic E-state index is 0.0500. The van der Waals surface area contributed by atoms with E-state index in [-0.39, 0.29) is 17.8 Å². The summed E-state index contributed by atoms with van der Waals surface area (Å²) in [7, 11) is -3.48.